The summed E-state index contributed by atoms with van der Waals surface area (Å²) in [6.07, 6.45) is 0.373. The molecule has 0 unspecified atom stereocenters. The molecule has 0 aliphatic carbocycles. The van der Waals surface area contributed by atoms with Crippen molar-refractivity contribution in [2.75, 3.05) is 46.1 Å². The van der Waals surface area contributed by atoms with Gasteiger partial charge in [-0.25, -0.2) is 0 Å². The van der Waals surface area contributed by atoms with Crippen LogP contribution in [0.2, 0.25) is 0 Å². The summed E-state index contributed by atoms with van der Waals surface area (Å²) in [7, 11) is 0. The maximum Gasteiger partial charge on any atom is 0.307 e. The molecule has 0 atom stereocenters. The highest BCUT2D eigenvalue weighted by Crippen LogP contribution is 2.13. The van der Waals surface area contributed by atoms with E-state index in [1.165, 1.54) is 0 Å². The zero-order valence-corrected chi connectivity index (χ0v) is 15.6. The van der Waals surface area contributed by atoms with Crippen LogP contribution in [0.15, 0.2) is 24.3 Å². The fourth-order valence-electron chi connectivity index (χ4n) is 2.32. The Bertz CT molecular complexity index is 531. The fraction of sp³-hybridized carbons (Fsp3) is 0.579. The Balaban J connectivity index is 2.60. The fourth-order valence-corrected chi connectivity index (χ4v) is 2.32. The van der Waals surface area contributed by atoms with Crippen LogP contribution in [0.5, 0.6) is 5.75 Å². The van der Waals surface area contributed by atoms with Gasteiger partial charge in [-0.05, 0) is 31.5 Å². The van der Waals surface area contributed by atoms with Gasteiger partial charge in [0.15, 0.2) is 0 Å². The molecular weight excluding hydrogens is 338 g/mol. The lowest BCUT2D eigenvalue weighted by Gasteiger charge is -2.22. The molecule has 0 bridgehead atoms. The summed E-state index contributed by atoms with van der Waals surface area (Å²) in [5, 5.41) is 8.75. The number of nitrogens with zero attached hydrogens (tertiary/aromatic N) is 1. The van der Waals surface area contributed by atoms with Gasteiger partial charge >= 0.3 is 5.97 Å². The summed E-state index contributed by atoms with van der Waals surface area (Å²) in [5.74, 6) is 0.342. The van der Waals surface area contributed by atoms with Crippen molar-refractivity contribution >= 4 is 11.9 Å². The summed E-state index contributed by atoms with van der Waals surface area (Å²) in [5.41, 5.74) is 0.871. The van der Waals surface area contributed by atoms with E-state index < -0.39 is 0 Å². The van der Waals surface area contributed by atoms with Crippen molar-refractivity contribution in [1.82, 2.24) is 4.90 Å². The van der Waals surface area contributed by atoms with Crippen molar-refractivity contribution < 1.29 is 28.9 Å². The Morgan fingerprint density at radius 3 is 2.38 bits per heavy atom. The van der Waals surface area contributed by atoms with Crippen LogP contribution in [0.4, 0.5) is 0 Å². The van der Waals surface area contributed by atoms with Gasteiger partial charge in [0.1, 0.15) is 5.75 Å². The summed E-state index contributed by atoms with van der Waals surface area (Å²) in [4.78, 5) is 25.7. The summed E-state index contributed by atoms with van der Waals surface area (Å²) in [6, 6.07) is 7.38. The zero-order chi connectivity index (χ0) is 19.2. The number of carbonyl (C=O) groups excluding carboxylic acids is 2. The molecule has 26 heavy (non-hydrogen) atoms. The number of rotatable bonds is 13. The van der Waals surface area contributed by atoms with Crippen molar-refractivity contribution in [3.05, 3.63) is 29.8 Å². The van der Waals surface area contributed by atoms with Crippen LogP contribution in [0.25, 0.3) is 0 Å². The van der Waals surface area contributed by atoms with Crippen molar-refractivity contribution in [3.8, 4) is 5.75 Å². The SMILES string of the molecule is CCOC(=O)CCN(CCOCCO)C(=O)Cc1ccc(OCC)cc1. The monoisotopic (exact) mass is 367 g/mol. The third-order valence-electron chi connectivity index (χ3n) is 3.57. The average Bonchev–Trinajstić information content (AvgIpc) is 2.63. The standard InChI is InChI=1S/C19H29NO6/c1-3-25-17-7-5-16(6-8-17)15-18(22)20(11-13-24-14-12-21)10-9-19(23)26-4-2/h5-8,21H,3-4,9-15H2,1-2H3. The summed E-state index contributed by atoms with van der Waals surface area (Å²) < 4.78 is 15.5. The van der Waals surface area contributed by atoms with E-state index in [2.05, 4.69) is 0 Å². The predicted octanol–water partition coefficient (Wildman–Crippen LogP) is 1.42. The molecule has 0 fully saturated rings. The lowest BCUT2D eigenvalue weighted by atomic mass is 10.1. The molecule has 1 N–H and O–H groups in total. The molecule has 146 valence electrons. The van der Waals surface area contributed by atoms with E-state index in [1.807, 2.05) is 31.2 Å². The second-order valence-electron chi connectivity index (χ2n) is 5.53. The van der Waals surface area contributed by atoms with Crippen LogP contribution in [0, 0.1) is 0 Å². The molecule has 1 amide bonds. The molecule has 1 aromatic carbocycles. The molecule has 0 spiro atoms. The predicted molar refractivity (Wildman–Crippen MR) is 97.0 cm³/mol. The molecule has 7 heteroatoms. The highest BCUT2D eigenvalue weighted by Gasteiger charge is 2.16. The van der Waals surface area contributed by atoms with Gasteiger partial charge in [0, 0.05) is 13.1 Å². The number of hydrogen-bond acceptors (Lipinski definition) is 6. The quantitative estimate of drug-likeness (QED) is 0.419. The van der Waals surface area contributed by atoms with Gasteiger partial charge in [-0.1, -0.05) is 12.1 Å². The van der Waals surface area contributed by atoms with Crippen LogP contribution in [0.3, 0.4) is 0 Å². The Hall–Kier alpha value is -2.12. The normalized spacial score (nSPS) is 10.4. The van der Waals surface area contributed by atoms with E-state index in [0.717, 1.165) is 11.3 Å². The largest absolute Gasteiger partial charge is 0.494 e. The highest BCUT2D eigenvalue weighted by molar-refractivity contribution is 5.79. The number of hydrogen-bond donors (Lipinski definition) is 1. The van der Waals surface area contributed by atoms with Gasteiger partial charge in [-0.3, -0.25) is 9.59 Å². The van der Waals surface area contributed by atoms with Crippen molar-refractivity contribution in [3.63, 3.8) is 0 Å². The molecule has 0 saturated carbocycles. The first-order chi connectivity index (χ1) is 12.6. The van der Waals surface area contributed by atoms with Crippen molar-refractivity contribution in [1.29, 1.82) is 0 Å². The van der Waals surface area contributed by atoms with Gasteiger partial charge in [0.2, 0.25) is 5.91 Å². The molecule has 1 rings (SSSR count). The minimum absolute atomic E-state index is 0.0665. The lowest BCUT2D eigenvalue weighted by molar-refractivity contribution is -0.144. The van der Waals surface area contributed by atoms with E-state index in [1.54, 1.807) is 11.8 Å². The molecule has 0 aromatic heterocycles. The number of ether oxygens (including phenoxy) is 3. The molecule has 0 saturated heterocycles. The maximum absolute atomic E-state index is 12.6. The lowest BCUT2D eigenvalue weighted by Crippen LogP contribution is -2.37. The second kappa shape index (κ2) is 13.1. The number of esters is 1. The van der Waals surface area contributed by atoms with E-state index >= 15 is 0 Å². The van der Waals surface area contributed by atoms with E-state index in [4.69, 9.17) is 19.3 Å². The van der Waals surface area contributed by atoms with Crippen molar-refractivity contribution in [2.45, 2.75) is 26.7 Å². The summed E-state index contributed by atoms with van der Waals surface area (Å²) >= 11 is 0. The Morgan fingerprint density at radius 1 is 1.04 bits per heavy atom. The Morgan fingerprint density at radius 2 is 1.77 bits per heavy atom. The number of benzene rings is 1. The first-order valence-electron chi connectivity index (χ1n) is 8.94. The van der Waals surface area contributed by atoms with Crippen LogP contribution < -0.4 is 4.74 Å². The van der Waals surface area contributed by atoms with E-state index in [-0.39, 0.29) is 44.5 Å². The topological polar surface area (TPSA) is 85.3 Å². The van der Waals surface area contributed by atoms with Crippen LogP contribution in [0.1, 0.15) is 25.8 Å². The van der Waals surface area contributed by atoms with E-state index in [0.29, 0.717) is 26.4 Å². The smallest absolute Gasteiger partial charge is 0.307 e. The average molecular weight is 367 g/mol. The van der Waals surface area contributed by atoms with Gasteiger partial charge in [0.25, 0.3) is 0 Å². The van der Waals surface area contributed by atoms with Gasteiger partial charge < -0.3 is 24.2 Å². The van der Waals surface area contributed by atoms with Crippen LogP contribution in [-0.2, 0) is 25.5 Å². The van der Waals surface area contributed by atoms with Gasteiger partial charge in [-0.15, -0.1) is 0 Å². The molecule has 0 heterocycles. The van der Waals surface area contributed by atoms with E-state index in [9.17, 15) is 9.59 Å². The second-order valence-corrected chi connectivity index (χ2v) is 5.53. The molecule has 0 radical (unpaired) electrons. The first kappa shape index (κ1) is 21.9. The molecule has 0 aliphatic heterocycles. The minimum atomic E-state index is -0.331. The molecule has 1 aromatic rings. The van der Waals surface area contributed by atoms with Crippen LogP contribution in [-0.4, -0.2) is 68.0 Å². The number of amides is 1. The molecule has 7 nitrogen and oxygen atoms in total. The molecular formula is C19H29NO6. The Labute approximate surface area is 154 Å². The number of aliphatic hydroxyl groups is 1. The van der Waals surface area contributed by atoms with Crippen LogP contribution >= 0.6 is 0 Å². The maximum atomic E-state index is 12.6. The van der Waals surface area contributed by atoms with Gasteiger partial charge in [-0.2, -0.15) is 0 Å². The van der Waals surface area contributed by atoms with Gasteiger partial charge in [0.05, 0.1) is 45.9 Å². The van der Waals surface area contributed by atoms with Crippen molar-refractivity contribution in [2.24, 2.45) is 0 Å². The Kier molecular flexibility index (Phi) is 11.1. The molecule has 0 aliphatic rings. The first-order valence-corrected chi connectivity index (χ1v) is 8.94. The minimum Gasteiger partial charge on any atom is -0.494 e. The highest BCUT2D eigenvalue weighted by atomic mass is 16.5. The zero-order valence-electron chi connectivity index (χ0n) is 15.6. The number of carbonyl (C=O) groups is 2. The summed E-state index contributed by atoms with van der Waals surface area (Å²) in [6.45, 7) is 5.66. The third-order valence-corrected chi connectivity index (χ3v) is 3.57. The number of aliphatic hydroxyl groups excluding tert-OH is 1. The third kappa shape index (κ3) is 8.82.